The molecule has 0 aromatic carbocycles. The third kappa shape index (κ3) is 6.19. The van der Waals surface area contributed by atoms with Crippen molar-refractivity contribution in [3.8, 4) is 0 Å². The van der Waals surface area contributed by atoms with Crippen molar-refractivity contribution in [1.82, 2.24) is 0 Å². The minimum absolute atomic E-state index is 0.332. The van der Waals surface area contributed by atoms with Gasteiger partial charge < -0.3 is 10.2 Å². The molecule has 1 unspecified atom stereocenters. The minimum Gasteiger partial charge on any atom is -0.479 e. The third-order valence-electron chi connectivity index (χ3n) is 1.13. The lowest BCUT2D eigenvalue weighted by atomic mass is 10.3. The van der Waals surface area contributed by atoms with Crippen molar-refractivity contribution in [2.45, 2.75) is 31.6 Å². The van der Waals surface area contributed by atoms with E-state index in [9.17, 15) is 4.79 Å². The van der Waals surface area contributed by atoms with Crippen LogP contribution in [0.3, 0.4) is 0 Å². The Bertz CT molecular complexity index is 125. The molecule has 0 aromatic heterocycles. The van der Waals surface area contributed by atoms with E-state index in [1.165, 1.54) is 0 Å². The van der Waals surface area contributed by atoms with Crippen molar-refractivity contribution in [3.05, 3.63) is 0 Å². The van der Waals surface area contributed by atoms with Crippen molar-refractivity contribution in [3.63, 3.8) is 0 Å². The van der Waals surface area contributed by atoms with Crippen LogP contribution in [0.4, 0.5) is 0 Å². The van der Waals surface area contributed by atoms with Crippen LogP contribution in [-0.4, -0.2) is 33.3 Å². The Morgan fingerprint density at radius 2 is 2.09 bits per heavy atom. The number of aliphatic hydroxyl groups is 1. The van der Waals surface area contributed by atoms with Gasteiger partial charge >= 0.3 is 5.97 Å². The van der Waals surface area contributed by atoms with Gasteiger partial charge in [-0.25, -0.2) is 4.79 Å². The number of rotatable bonds is 5. The van der Waals surface area contributed by atoms with Gasteiger partial charge in [-0.05, 0) is 17.4 Å². The molecule has 0 saturated heterocycles. The first-order valence-corrected chi connectivity index (χ1v) is 4.61. The molecule has 0 aliphatic heterocycles. The number of hydrogen-bond donors (Lipinski definition) is 2. The second-order valence-corrected chi connectivity index (χ2v) is 4.25. The summed E-state index contributed by atoms with van der Waals surface area (Å²) in [7, 11) is 0. The van der Waals surface area contributed by atoms with E-state index in [1.807, 2.05) is 13.8 Å². The van der Waals surface area contributed by atoms with Gasteiger partial charge in [0.1, 0.15) is 0 Å². The first-order chi connectivity index (χ1) is 5.04. The number of carboxylic acids is 1. The van der Waals surface area contributed by atoms with Crippen LogP contribution in [0.15, 0.2) is 0 Å². The molecule has 4 heteroatoms. The monoisotopic (exact) mass is 178 g/mol. The molecule has 1 atom stereocenters. The van der Waals surface area contributed by atoms with E-state index in [0.29, 0.717) is 17.4 Å². The lowest BCUT2D eigenvalue weighted by Crippen LogP contribution is -2.20. The maximum atomic E-state index is 10.1. The van der Waals surface area contributed by atoms with E-state index in [1.54, 1.807) is 11.8 Å². The van der Waals surface area contributed by atoms with E-state index < -0.39 is 12.1 Å². The summed E-state index contributed by atoms with van der Waals surface area (Å²) >= 11 is 1.65. The topological polar surface area (TPSA) is 57.5 Å². The van der Waals surface area contributed by atoms with Gasteiger partial charge in [-0.1, -0.05) is 13.8 Å². The second kappa shape index (κ2) is 5.43. The molecular weight excluding hydrogens is 164 g/mol. The van der Waals surface area contributed by atoms with E-state index in [-0.39, 0.29) is 0 Å². The van der Waals surface area contributed by atoms with Crippen LogP contribution in [0.25, 0.3) is 0 Å². The largest absolute Gasteiger partial charge is 0.479 e. The summed E-state index contributed by atoms with van der Waals surface area (Å²) in [6.45, 7) is 4.08. The standard InChI is InChI=1S/C7H14O3S/c1-5(2)11-4-3-6(8)7(9)10/h5-6,8H,3-4H2,1-2H3,(H,9,10). The molecule has 0 saturated carbocycles. The Hall–Kier alpha value is -0.220. The van der Waals surface area contributed by atoms with Crippen molar-refractivity contribution in [1.29, 1.82) is 0 Å². The predicted octanol–water partition coefficient (Wildman–Crippen LogP) is 0.964. The predicted molar refractivity (Wildman–Crippen MR) is 45.9 cm³/mol. The van der Waals surface area contributed by atoms with Gasteiger partial charge in [0.15, 0.2) is 6.10 Å². The number of thioether (sulfide) groups is 1. The molecule has 0 fully saturated rings. The maximum absolute atomic E-state index is 10.1. The molecule has 0 spiro atoms. The fraction of sp³-hybridized carbons (Fsp3) is 0.857. The molecule has 0 aliphatic carbocycles. The Morgan fingerprint density at radius 3 is 2.45 bits per heavy atom. The van der Waals surface area contributed by atoms with Gasteiger partial charge in [-0.3, -0.25) is 0 Å². The molecule has 11 heavy (non-hydrogen) atoms. The lowest BCUT2D eigenvalue weighted by Gasteiger charge is -2.06. The highest BCUT2D eigenvalue weighted by atomic mass is 32.2. The van der Waals surface area contributed by atoms with E-state index >= 15 is 0 Å². The fourth-order valence-corrected chi connectivity index (χ4v) is 1.37. The van der Waals surface area contributed by atoms with E-state index in [2.05, 4.69) is 0 Å². The van der Waals surface area contributed by atoms with Crippen molar-refractivity contribution in [2.24, 2.45) is 0 Å². The van der Waals surface area contributed by atoms with Gasteiger partial charge in [0.2, 0.25) is 0 Å². The molecule has 0 amide bonds. The molecule has 0 aromatic rings. The van der Waals surface area contributed by atoms with E-state index in [4.69, 9.17) is 10.2 Å². The smallest absolute Gasteiger partial charge is 0.332 e. The summed E-state index contributed by atoms with van der Waals surface area (Å²) in [5.41, 5.74) is 0. The molecule has 0 radical (unpaired) electrons. The number of hydrogen-bond acceptors (Lipinski definition) is 3. The molecular formula is C7H14O3S. The first-order valence-electron chi connectivity index (χ1n) is 3.56. The highest BCUT2D eigenvalue weighted by molar-refractivity contribution is 7.99. The molecule has 3 nitrogen and oxygen atoms in total. The number of aliphatic carboxylic acids is 1. The zero-order chi connectivity index (χ0) is 8.85. The maximum Gasteiger partial charge on any atom is 0.332 e. The molecule has 0 rings (SSSR count). The molecule has 0 heterocycles. The summed E-state index contributed by atoms with van der Waals surface area (Å²) in [4.78, 5) is 10.1. The van der Waals surface area contributed by atoms with Gasteiger partial charge in [-0.2, -0.15) is 11.8 Å². The summed E-state index contributed by atoms with van der Waals surface area (Å²) in [5, 5.41) is 17.6. The van der Waals surface area contributed by atoms with Crippen LogP contribution in [0.2, 0.25) is 0 Å². The summed E-state index contributed by atoms with van der Waals surface area (Å²) in [6, 6.07) is 0. The molecule has 66 valence electrons. The summed E-state index contributed by atoms with van der Waals surface area (Å²) in [5.74, 6) is -0.431. The Morgan fingerprint density at radius 1 is 1.55 bits per heavy atom. The number of carbonyl (C=O) groups is 1. The van der Waals surface area contributed by atoms with Crippen molar-refractivity contribution >= 4 is 17.7 Å². The highest BCUT2D eigenvalue weighted by Crippen LogP contribution is 2.11. The summed E-state index contributed by atoms with van der Waals surface area (Å²) in [6.07, 6.45) is -0.862. The average Bonchev–Trinajstić information content (AvgIpc) is 1.86. The highest BCUT2D eigenvalue weighted by Gasteiger charge is 2.12. The molecule has 0 aliphatic rings. The average molecular weight is 178 g/mol. The normalized spacial score (nSPS) is 13.5. The van der Waals surface area contributed by atoms with Gasteiger partial charge in [0.05, 0.1) is 0 Å². The first kappa shape index (κ1) is 10.8. The minimum atomic E-state index is -1.19. The van der Waals surface area contributed by atoms with Gasteiger partial charge in [0, 0.05) is 0 Å². The van der Waals surface area contributed by atoms with Crippen molar-refractivity contribution in [2.75, 3.05) is 5.75 Å². The molecule has 2 N–H and O–H groups in total. The molecule has 0 bridgehead atoms. The fourth-order valence-electron chi connectivity index (χ4n) is 0.539. The van der Waals surface area contributed by atoms with Crippen LogP contribution in [0, 0.1) is 0 Å². The van der Waals surface area contributed by atoms with Crippen LogP contribution >= 0.6 is 11.8 Å². The third-order valence-corrected chi connectivity index (χ3v) is 2.27. The van der Waals surface area contributed by atoms with Crippen LogP contribution in [0.5, 0.6) is 0 Å². The van der Waals surface area contributed by atoms with Gasteiger partial charge in [0.25, 0.3) is 0 Å². The Labute approximate surface area is 70.8 Å². The van der Waals surface area contributed by atoms with Crippen LogP contribution in [-0.2, 0) is 4.79 Å². The Balaban J connectivity index is 3.31. The van der Waals surface area contributed by atoms with E-state index in [0.717, 1.165) is 0 Å². The zero-order valence-corrected chi connectivity index (χ0v) is 7.60. The zero-order valence-electron chi connectivity index (χ0n) is 6.78. The van der Waals surface area contributed by atoms with Crippen LogP contribution < -0.4 is 0 Å². The van der Waals surface area contributed by atoms with Crippen LogP contribution in [0.1, 0.15) is 20.3 Å². The Kier molecular flexibility index (Phi) is 5.32. The number of carboxylic acid groups (broad SMARTS) is 1. The SMILES string of the molecule is CC(C)SCCC(O)C(=O)O. The number of aliphatic hydroxyl groups excluding tert-OH is 1. The van der Waals surface area contributed by atoms with Gasteiger partial charge in [-0.15, -0.1) is 0 Å². The van der Waals surface area contributed by atoms with Crippen molar-refractivity contribution < 1.29 is 15.0 Å². The quantitative estimate of drug-likeness (QED) is 0.658. The lowest BCUT2D eigenvalue weighted by molar-refractivity contribution is -0.146. The summed E-state index contributed by atoms with van der Waals surface area (Å²) < 4.78 is 0. The second-order valence-electron chi connectivity index (χ2n) is 2.56.